The second-order valence-electron chi connectivity index (χ2n) is 9.85. The summed E-state index contributed by atoms with van der Waals surface area (Å²) in [6, 6.07) is 16.1. The highest BCUT2D eigenvalue weighted by molar-refractivity contribution is 7.14. The number of benzene rings is 2. The van der Waals surface area contributed by atoms with E-state index in [-0.39, 0.29) is 12.3 Å². The van der Waals surface area contributed by atoms with E-state index >= 15 is 0 Å². The second-order valence-corrected chi connectivity index (χ2v) is 10.7. The third-order valence-electron chi connectivity index (χ3n) is 7.49. The number of nitrogens with zero attached hydrogens (tertiary/aromatic N) is 1. The first-order chi connectivity index (χ1) is 17.0. The van der Waals surface area contributed by atoms with Gasteiger partial charge in [-0.05, 0) is 79.2 Å². The van der Waals surface area contributed by atoms with Gasteiger partial charge in [0.25, 0.3) is 5.91 Å². The number of thiazole rings is 1. The fourth-order valence-corrected chi connectivity index (χ4v) is 6.43. The van der Waals surface area contributed by atoms with E-state index in [2.05, 4.69) is 39.9 Å². The Balaban J connectivity index is 1.13. The van der Waals surface area contributed by atoms with E-state index in [0.29, 0.717) is 22.9 Å². The lowest BCUT2D eigenvalue weighted by atomic mass is 9.84. The topological polar surface area (TPSA) is 91.3 Å². The first kappa shape index (κ1) is 23.5. The Hall–Kier alpha value is -3.19. The molecule has 2 aromatic carbocycles. The van der Waals surface area contributed by atoms with Gasteiger partial charge < -0.3 is 10.4 Å². The minimum atomic E-state index is -0.944. The van der Waals surface area contributed by atoms with E-state index in [1.165, 1.54) is 54.7 Å². The van der Waals surface area contributed by atoms with Crippen LogP contribution in [0.4, 0.5) is 10.8 Å². The maximum absolute atomic E-state index is 12.5. The van der Waals surface area contributed by atoms with Crippen molar-refractivity contribution in [1.82, 2.24) is 4.98 Å². The molecule has 3 N–H and O–H groups in total. The summed E-state index contributed by atoms with van der Waals surface area (Å²) in [5.74, 6) is 1.68. The average molecular weight is 490 g/mol. The highest BCUT2D eigenvalue weighted by Crippen LogP contribution is 2.49. The van der Waals surface area contributed by atoms with Gasteiger partial charge in [-0.1, -0.05) is 36.8 Å². The number of rotatable bonds is 10. The van der Waals surface area contributed by atoms with Crippen LogP contribution in [0.3, 0.4) is 0 Å². The molecule has 1 amide bonds. The van der Waals surface area contributed by atoms with Crippen LogP contribution in [0, 0.1) is 17.8 Å². The standard InChI is InChI=1S/C28H31N3O3S/c32-26(33)15-24-17-35-28(30-24)31-27(34)21-8-5-18(6-9-21)16-29-25-4-2-1-3-20(25)11-12-23-14-19-7-10-22(23)13-19/h1-6,8-9,17,19,22-23,29H,7,10-16H2,(H,32,33)(H,30,31,34). The molecule has 3 aromatic rings. The smallest absolute Gasteiger partial charge is 0.309 e. The van der Waals surface area contributed by atoms with Crippen molar-refractivity contribution in [3.05, 3.63) is 76.3 Å². The quantitative estimate of drug-likeness (QED) is 0.325. The molecule has 35 heavy (non-hydrogen) atoms. The predicted octanol–water partition coefficient (Wildman–Crippen LogP) is 6.00. The molecule has 7 heteroatoms. The summed E-state index contributed by atoms with van der Waals surface area (Å²) in [7, 11) is 0. The van der Waals surface area contributed by atoms with Crippen molar-refractivity contribution in [2.45, 2.75) is 51.5 Å². The molecule has 5 rings (SSSR count). The van der Waals surface area contributed by atoms with E-state index in [9.17, 15) is 9.59 Å². The highest BCUT2D eigenvalue weighted by Gasteiger charge is 2.38. The molecular weight excluding hydrogens is 458 g/mol. The lowest BCUT2D eigenvalue weighted by Crippen LogP contribution is -2.12. The summed E-state index contributed by atoms with van der Waals surface area (Å²) >= 11 is 1.22. The lowest BCUT2D eigenvalue weighted by molar-refractivity contribution is -0.136. The minimum Gasteiger partial charge on any atom is -0.481 e. The summed E-state index contributed by atoms with van der Waals surface area (Å²) in [5.41, 5.74) is 4.66. The fraction of sp³-hybridized carbons (Fsp3) is 0.393. The number of hydrogen-bond acceptors (Lipinski definition) is 5. The molecule has 1 aromatic heterocycles. The summed E-state index contributed by atoms with van der Waals surface area (Å²) in [4.78, 5) is 27.5. The van der Waals surface area contributed by atoms with Gasteiger partial charge in [-0.25, -0.2) is 4.98 Å². The number of hydrogen-bond donors (Lipinski definition) is 3. The van der Waals surface area contributed by atoms with Crippen LogP contribution in [0.15, 0.2) is 53.9 Å². The molecule has 0 radical (unpaired) electrons. The maximum atomic E-state index is 12.5. The largest absolute Gasteiger partial charge is 0.481 e. The molecule has 0 spiro atoms. The van der Waals surface area contributed by atoms with Gasteiger partial charge >= 0.3 is 5.97 Å². The van der Waals surface area contributed by atoms with E-state index in [4.69, 9.17) is 5.11 Å². The zero-order valence-electron chi connectivity index (χ0n) is 19.7. The van der Waals surface area contributed by atoms with Gasteiger partial charge in [0.1, 0.15) is 0 Å². The zero-order chi connectivity index (χ0) is 24.2. The molecule has 2 aliphatic rings. The van der Waals surface area contributed by atoms with Gasteiger partial charge in [-0.2, -0.15) is 0 Å². The first-order valence-electron chi connectivity index (χ1n) is 12.4. The Kier molecular flexibility index (Phi) is 7.13. The molecule has 0 aliphatic heterocycles. The molecule has 6 nitrogen and oxygen atoms in total. The first-order valence-corrected chi connectivity index (χ1v) is 13.3. The van der Waals surface area contributed by atoms with Crippen LogP contribution in [0.1, 0.15) is 59.3 Å². The number of anilines is 2. The zero-order valence-corrected chi connectivity index (χ0v) is 20.5. The predicted molar refractivity (Wildman–Crippen MR) is 139 cm³/mol. The molecule has 1 heterocycles. The van der Waals surface area contributed by atoms with Crippen LogP contribution in [0.25, 0.3) is 0 Å². The van der Waals surface area contributed by atoms with Crippen LogP contribution in [-0.2, 0) is 24.2 Å². The highest BCUT2D eigenvalue weighted by atomic mass is 32.1. The lowest BCUT2D eigenvalue weighted by Gasteiger charge is -2.22. The second kappa shape index (κ2) is 10.6. The number of carbonyl (C=O) groups excluding carboxylic acids is 1. The van der Waals surface area contributed by atoms with E-state index in [1.807, 2.05) is 12.1 Å². The molecule has 3 unspecified atom stereocenters. The molecule has 3 atom stereocenters. The number of aliphatic carboxylic acids is 1. The molecule has 2 aliphatic carbocycles. The number of carbonyl (C=O) groups is 2. The van der Waals surface area contributed by atoms with Crippen molar-refractivity contribution in [1.29, 1.82) is 0 Å². The molecular formula is C28H31N3O3S. The van der Waals surface area contributed by atoms with E-state index in [0.717, 1.165) is 29.7 Å². The molecule has 182 valence electrons. The monoisotopic (exact) mass is 489 g/mol. The summed E-state index contributed by atoms with van der Waals surface area (Å²) in [6.45, 7) is 0.693. The van der Waals surface area contributed by atoms with Gasteiger partial charge in [0.05, 0.1) is 12.1 Å². The Morgan fingerprint density at radius 1 is 1.06 bits per heavy atom. The Morgan fingerprint density at radius 2 is 1.89 bits per heavy atom. The van der Waals surface area contributed by atoms with Crippen LogP contribution >= 0.6 is 11.3 Å². The average Bonchev–Trinajstić information content (AvgIpc) is 3.60. The SMILES string of the molecule is O=C(O)Cc1csc(NC(=O)c2ccc(CNc3ccccc3CCC3CC4CCC3C4)cc2)n1. The van der Waals surface area contributed by atoms with Crippen molar-refractivity contribution in [2.24, 2.45) is 17.8 Å². The number of fused-ring (bicyclic) bond motifs is 2. The van der Waals surface area contributed by atoms with Crippen LogP contribution in [-0.4, -0.2) is 22.0 Å². The molecule has 2 fully saturated rings. The van der Waals surface area contributed by atoms with Crippen LogP contribution in [0.2, 0.25) is 0 Å². The van der Waals surface area contributed by atoms with Gasteiger partial charge in [0.2, 0.25) is 0 Å². The number of carboxylic acids is 1. The summed E-state index contributed by atoms with van der Waals surface area (Å²) in [6.07, 6.45) is 8.07. The number of nitrogens with one attached hydrogen (secondary N) is 2. The summed E-state index contributed by atoms with van der Waals surface area (Å²) < 4.78 is 0. The van der Waals surface area contributed by atoms with E-state index in [1.54, 1.807) is 17.5 Å². The van der Waals surface area contributed by atoms with Crippen LogP contribution < -0.4 is 10.6 Å². The van der Waals surface area contributed by atoms with Crippen molar-refractivity contribution in [3.8, 4) is 0 Å². The Bertz CT molecular complexity index is 1190. The summed E-state index contributed by atoms with van der Waals surface area (Å²) in [5, 5.41) is 17.2. The number of amides is 1. The van der Waals surface area contributed by atoms with Gasteiger partial charge in [0, 0.05) is 23.2 Å². The van der Waals surface area contributed by atoms with Crippen molar-refractivity contribution in [3.63, 3.8) is 0 Å². The normalized spacial score (nSPS) is 20.6. The van der Waals surface area contributed by atoms with E-state index < -0.39 is 5.97 Å². The van der Waals surface area contributed by atoms with Crippen LogP contribution in [0.5, 0.6) is 0 Å². The van der Waals surface area contributed by atoms with Crippen molar-refractivity contribution < 1.29 is 14.7 Å². The number of aryl methyl sites for hydroxylation is 1. The van der Waals surface area contributed by atoms with Gasteiger partial charge in [0.15, 0.2) is 5.13 Å². The fourth-order valence-electron chi connectivity index (χ4n) is 5.72. The van der Waals surface area contributed by atoms with Gasteiger partial charge in [-0.15, -0.1) is 11.3 Å². The van der Waals surface area contributed by atoms with Gasteiger partial charge in [-0.3, -0.25) is 14.9 Å². The molecule has 0 saturated heterocycles. The number of aromatic nitrogens is 1. The Labute approximate surface area is 209 Å². The van der Waals surface area contributed by atoms with Crippen molar-refractivity contribution >= 4 is 34.0 Å². The number of carboxylic acid groups (broad SMARTS) is 1. The molecule has 2 bridgehead atoms. The Morgan fingerprint density at radius 3 is 2.63 bits per heavy atom. The number of para-hydroxylation sites is 1. The minimum absolute atomic E-state index is 0.154. The van der Waals surface area contributed by atoms with Crippen molar-refractivity contribution in [2.75, 3.05) is 10.6 Å². The third-order valence-corrected chi connectivity index (χ3v) is 8.30. The maximum Gasteiger partial charge on any atom is 0.309 e. The third kappa shape index (κ3) is 5.90. The molecule has 2 saturated carbocycles.